The molecule has 3 heterocycles. The summed E-state index contributed by atoms with van der Waals surface area (Å²) >= 11 is 0. The molecule has 30 heavy (non-hydrogen) atoms. The Morgan fingerprint density at radius 3 is 2.63 bits per heavy atom. The van der Waals surface area contributed by atoms with E-state index in [1.165, 1.54) is 5.56 Å². The van der Waals surface area contributed by atoms with Crippen molar-refractivity contribution in [3.8, 4) is 11.4 Å². The van der Waals surface area contributed by atoms with Crippen molar-refractivity contribution in [2.24, 2.45) is 5.92 Å². The Morgan fingerprint density at radius 2 is 1.87 bits per heavy atom. The first-order valence-electron chi connectivity index (χ1n) is 10.9. The molecule has 2 fully saturated rings. The van der Waals surface area contributed by atoms with Crippen molar-refractivity contribution in [1.82, 2.24) is 14.9 Å². The number of amides is 1. The molecule has 2 aromatic rings. The van der Waals surface area contributed by atoms with Gasteiger partial charge in [0.05, 0.1) is 17.2 Å². The van der Waals surface area contributed by atoms with E-state index in [-0.39, 0.29) is 28.7 Å². The topological polar surface area (TPSA) is 80.2 Å². The van der Waals surface area contributed by atoms with Crippen molar-refractivity contribution < 1.29 is 13.2 Å². The van der Waals surface area contributed by atoms with Gasteiger partial charge in [0.1, 0.15) is 9.84 Å². The van der Waals surface area contributed by atoms with E-state index in [1.807, 2.05) is 41.4 Å². The quantitative estimate of drug-likeness (QED) is 0.739. The van der Waals surface area contributed by atoms with Gasteiger partial charge in [-0.2, -0.15) is 0 Å². The number of hydrogen-bond donors (Lipinski definition) is 0. The third-order valence-electron chi connectivity index (χ3n) is 7.06. The molecule has 1 atom stereocenters. The number of aryl methyl sites for hydroxylation is 1. The summed E-state index contributed by atoms with van der Waals surface area (Å²) in [4.78, 5) is 24.8. The zero-order valence-electron chi connectivity index (χ0n) is 17.1. The molecule has 6 nitrogen and oxygen atoms in total. The lowest BCUT2D eigenvalue weighted by Gasteiger charge is -2.42. The number of nitrogens with zero attached hydrogens (tertiary/aromatic N) is 3. The largest absolute Gasteiger partial charge is 0.342 e. The third kappa shape index (κ3) is 3.53. The van der Waals surface area contributed by atoms with Crippen LogP contribution in [0.15, 0.2) is 36.5 Å². The summed E-state index contributed by atoms with van der Waals surface area (Å²) in [6.07, 6.45) is 6.83. The van der Waals surface area contributed by atoms with Gasteiger partial charge in [-0.15, -0.1) is 0 Å². The van der Waals surface area contributed by atoms with Crippen LogP contribution in [0.5, 0.6) is 0 Å². The lowest BCUT2D eigenvalue weighted by atomic mass is 9.77. The lowest BCUT2D eigenvalue weighted by molar-refractivity contribution is -0.138. The number of carbonyl (C=O) groups excluding carboxylic acids is 1. The number of rotatable bonds is 2. The van der Waals surface area contributed by atoms with Gasteiger partial charge in [-0.25, -0.2) is 18.4 Å². The number of carbonyl (C=O) groups is 1. The molecule has 0 N–H and O–H groups in total. The molecule has 7 heteroatoms. The molecule has 3 aliphatic rings. The van der Waals surface area contributed by atoms with Gasteiger partial charge in [0.25, 0.3) is 0 Å². The van der Waals surface area contributed by atoms with E-state index in [9.17, 15) is 13.2 Å². The molecule has 0 radical (unpaired) electrons. The van der Waals surface area contributed by atoms with Crippen LogP contribution in [0.1, 0.15) is 43.4 Å². The Kier molecular flexibility index (Phi) is 4.88. The normalized spacial score (nSPS) is 25.9. The first-order valence-corrected chi connectivity index (χ1v) is 12.7. The zero-order valence-corrected chi connectivity index (χ0v) is 17.9. The maximum Gasteiger partial charge on any atom is 0.225 e. The number of sulfone groups is 1. The first kappa shape index (κ1) is 19.7. The van der Waals surface area contributed by atoms with Gasteiger partial charge in [-0.1, -0.05) is 30.3 Å². The molecule has 5 rings (SSSR count). The summed E-state index contributed by atoms with van der Waals surface area (Å²) < 4.78 is 23.5. The van der Waals surface area contributed by atoms with Crippen molar-refractivity contribution in [2.75, 3.05) is 24.6 Å². The Labute approximate surface area is 177 Å². The van der Waals surface area contributed by atoms with Gasteiger partial charge < -0.3 is 4.90 Å². The fourth-order valence-electron chi connectivity index (χ4n) is 5.38. The maximum absolute atomic E-state index is 13.2. The second kappa shape index (κ2) is 7.45. The van der Waals surface area contributed by atoms with Gasteiger partial charge in [0, 0.05) is 36.2 Å². The molecule has 0 saturated carbocycles. The van der Waals surface area contributed by atoms with Crippen molar-refractivity contribution in [1.29, 1.82) is 0 Å². The van der Waals surface area contributed by atoms with Gasteiger partial charge >= 0.3 is 0 Å². The summed E-state index contributed by atoms with van der Waals surface area (Å²) in [5.74, 6) is 0.999. The molecular weight excluding hydrogens is 398 g/mol. The second-order valence-corrected chi connectivity index (χ2v) is 11.3. The van der Waals surface area contributed by atoms with E-state index in [1.54, 1.807) is 0 Å². The number of benzene rings is 1. The zero-order chi connectivity index (χ0) is 20.8. The van der Waals surface area contributed by atoms with E-state index in [0.717, 1.165) is 49.3 Å². The predicted molar refractivity (Wildman–Crippen MR) is 115 cm³/mol. The first-order chi connectivity index (χ1) is 14.5. The third-order valence-corrected chi connectivity index (χ3v) is 8.78. The minimum Gasteiger partial charge on any atom is -0.342 e. The van der Waals surface area contributed by atoms with E-state index >= 15 is 0 Å². The Bertz CT molecular complexity index is 1050. The number of hydrogen-bond acceptors (Lipinski definition) is 5. The maximum atomic E-state index is 13.2. The Morgan fingerprint density at radius 1 is 1.10 bits per heavy atom. The second-order valence-electron chi connectivity index (χ2n) is 9.00. The van der Waals surface area contributed by atoms with Crippen molar-refractivity contribution in [3.05, 3.63) is 47.8 Å². The molecule has 1 aliphatic carbocycles. The highest BCUT2D eigenvalue weighted by Crippen LogP contribution is 2.44. The summed E-state index contributed by atoms with van der Waals surface area (Å²) in [6.45, 7) is 1.45. The average molecular weight is 426 g/mol. The van der Waals surface area contributed by atoms with E-state index in [2.05, 4.69) is 4.98 Å². The SMILES string of the molecule is O=C(C1CCS(=O)(=O)CC1)N1CCCC2(CCc3cnc(-c4ccccc4)nc32)C1. The fourth-order valence-corrected chi connectivity index (χ4v) is 6.87. The van der Waals surface area contributed by atoms with Gasteiger partial charge in [0.2, 0.25) is 5.91 Å². The standard InChI is InChI=1S/C23H27N3O3S/c27-22(18-8-13-30(28,29)14-9-18)26-12-4-10-23(16-26)11-7-19-15-24-21(25-20(19)23)17-5-2-1-3-6-17/h1-3,5-6,15,18H,4,7-14,16H2. The molecule has 1 spiro atoms. The van der Waals surface area contributed by atoms with Crippen LogP contribution >= 0.6 is 0 Å². The summed E-state index contributed by atoms with van der Waals surface area (Å²) in [6, 6.07) is 10.0. The van der Waals surface area contributed by atoms with Crippen LogP contribution in [-0.4, -0.2) is 53.8 Å². The van der Waals surface area contributed by atoms with Gasteiger partial charge in [-0.05, 0) is 44.1 Å². The number of aromatic nitrogens is 2. The van der Waals surface area contributed by atoms with Crippen LogP contribution in [-0.2, 0) is 26.5 Å². The molecule has 2 saturated heterocycles. The lowest BCUT2D eigenvalue weighted by Crippen LogP contribution is -2.50. The van der Waals surface area contributed by atoms with Crippen LogP contribution in [0.3, 0.4) is 0 Å². The van der Waals surface area contributed by atoms with Crippen LogP contribution in [0, 0.1) is 5.92 Å². The minimum atomic E-state index is -2.96. The fraction of sp³-hybridized carbons (Fsp3) is 0.522. The number of likely N-dealkylation sites (tertiary alicyclic amines) is 1. The molecule has 1 aromatic heterocycles. The van der Waals surface area contributed by atoms with E-state index in [4.69, 9.17) is 4.98 Å². The molecule has 0 bridgehead atoms. The van der Waals surface area contributed by atoms with Crippen LogP contribution in [0.2, 0.25) is 0 Å². The van der Waals surface area contributed by atoms with Gasteiger partial charge in [-0.3, -0.25) is 4.79 Å². The molecular formula is C23H27N3O3S. The number of fused-ring (bicyclic) bond motifs is 2. The van der Waals surface area contributed by atoms with Crippen molar-refractivity contribution in [3.63, 3.8) is 0 Å². The van der Waals surface area contributed by atoms with Crippen LogP contribution < -0.4 is 0 Å². The minimum absolute atomic E-state index is 0.101. The Balaban J connectivity index is 1.39. The molecule has 2 aliphatic heterocycles. The molecule has 1 amide bonds. The number of piperidine rings is 1. The van der Waals surface area contributed by atoms with Crippen LogP contribution in [0.25, 0.3) is 11.4 Å². The van der Waals surface area contributed by atoms with Crippen LogP contribution in [0.4, 0.5) is 0 Å². The monoisotopic (exact) mass is 425 g/mol. The van der Waals surface area contributed by atoms with E-state index in [0.29, 0.717) is 19.4 Å². The summed E-state index contributed by atoms with van der Waals surface area (Å²) in [5.41, 5.74) is 3.22. The predicted octanol–water partition coefficient (Wildman–Crippen LogP) is 2.77. The van der Waals surface area contributed by atoms with Crippen molar-refractivity contribution >= 4 is 15.7 Å². The smallest absolute Gasteiger partial charge is 0.225 e. The summed E-state index contributed by atoms with van der Waals surface area (Å²) in [5, 5.41) is 0. The summed E-state index contributed by atoms with van der Waals surface area (Å²) in [7, 11) is -2.96. The molecule has 1 aromatic carbocycles. The average Bonchev–Trinajstić information content (AvgIpc) is 3.11. The molecule has 158 valence electrons. The highest BCUT2D eigenvalue weighted by atomic mass is 32.2. The highest BCUT2D eigenvalue weighted by Gasteiger charge is 2.45. The highest BCUT2D eigenvalue weighted by molar-refractivity contribution is 7.91. The van der Waals surface area contributed by atoms with Gasteiger partial charge in [0.15, 0.2) is 5.82 Å². The molecule has 1 unspecified atom stereocenters. The van der Waals surface area contributed by atoms with E-state index < -0.39 is 9.84 Å². The Hall–Kier alpha value is -2.28. The van der Waals surface area contributed by atoms with Crippen molar-refractivity contribution in [2.45, 2.75) is 43.9 Å².